The van der Waals surface area contributed by atoms with Crippen LogP contribution in [-0.4, -0.2) is 11.6 Å². The molecule has 2 heterocycles. The summed E-state index contributed by atoms with van der Waals surface area (Å²) in [5, 5.41) is 4.47. The van der Waals surface area contributed by atoms with E-state index in [4.69, 9.17) is 17.3 Å². The zero-order chi connectivity index (χ0) is 21.6. The summed E-state index contributed by atoms with van der Waals surface area (Å²) in [6.45, 7) is 3.30. The van der Waals surface area contributed by atoms with Crippen molar-refractivity contribution in [1.29, 1.82) is 0 Å². The number of rotatable bonds is 4. The van der Waals surface area contributed by atoms with Gasteiger partial charge in [0.1, 0.15) is 10.7 Å². The Morgan fingerprint density at radius 3 is 2.33 bits per heavy atom. The molecule has 7 heteroatoms. The molecule has 4 rings (SSSR count). The molecule has 3 aromatic rings. The highest BCUT2D eigenvalue weighted by Gasteiger charge is 2.36. The molecule has 4 nitrogen and oxygen atoms in total. The van der Waals surface area contributed by atoms with Crippen LogP contribution in [0.1, 0.15) is 46.1 Å². The lowest BCUT2D eigenvalue weighted by atomic mass is 9.80. The number of nitrogens with two attached hydrogens (primary N) is 1. The predicted molar refractivity (Wildman–Crippen MR) is 119 cm³/mol. The van der Waals surface area contributed by atoms with Gasteiger partial charge in [-0.1, -0.05) is 23.7 Å². The molecule has 0 bridgehead atoms. The molecule has 1 atom stereocenters. The summed E-state index contributed by atoms with van der Waals surface area (Å²) in [5.41, 5.74) is 9.90. The Labute approximate surface area is 182 Å². The molecule has 0 saturated carbocycles. The Bertz CT molecular complexity index is 1200. The summed E-state index contributed by atoms with van der Waals surface area (Å²) in [4.78, 5) is 26.0. The van der Waals surface area contributed by atoms with E-state index in [1.807, 2.05) is 6.92 Å². The maximum Gasteiger partial charge on any atom is 0.205 e. The highest BCUT2D eigenvalue weighted by Crippen LogP contribution is 2.50. The van der Waals surface area contributed by atoms with Gasteiger partial charge < -0.3 is 11.1 Å². The number of halogens is 2. The van der Waals surface area contributed by atoms with Crippen molar-refractivity contribution in [2.75, 3.05) is 11.1 Å². The maximum atomic E-state index is 13.5. The van der Waals surface area contributed by atoms with Crippen LogP contribution in [0.15, 0.2) is 59.8 Å². The minimum absolute atomic E-state index is 0.115. The second-order valence-electron chi connectivity index (χ2n) is 7.13. The molecule has 1 aromatic heterocycles. The van der Waals surface area contributed by atoms with E-state index in [-0.39, 0.29) is 17.4 Å². The summed E-state index contributed by atoms with van der Waals surface area (Å²) in [6.07, 6.45) is 0. The number of carbonyl (C=O) groups excluding carboxylic acids is 2. The molecular weight excluding hydrogens is 423 g/mol. The van der Waals surface area contributed by atoms with Gasteiger partial charge in [0, 0.05) is 33.3 Å². The highest BCUT2D eigenvalue weighted by atomic mass is 35.5. The summed E-state index contributed by atoms with van der Waals surface area (Å²) in [5.74, 6) is -1.18. The number of hydrogen-bond donors (Lipinski definition) is 2. The first-order chi connectivity index (χ1) is 14.3. The van der Waals surface area contributed by atoms with Crippen molar-refractivity contribution in [3.8, 4) is 0 Å². The first-order valence-electron chi connectivity index (χ1n) is 9.24. The average molecular weight is 441 g/mol. The highest BCUT2D eigenvalue weighted by molar-refractivity contribution is 7.19. The second kappa shape index (κ2) is 7.70. The fourth-order valence-corrected chi connectivity index (χ4v) is 5.09. The molecule has 0 amide bonds. The summed E-state index contributed by atoms with van der Waals surface area (Å²) in [7, 11) is 0. The Kier molecular flexibility index (Phi) is 5.22. The standard InChI is InChI=1S/C23H18ClFN2O2S/c1-11-17(12(2)28)18(13-5-9-16(25)10-6-13)19-20(26)22(30-23(19)27-11)21(29)14-3-7-15(24)8-4-14/h3-10,18,27H,26H2,1-2H3/t18-/m0/s1. The van der Waals surface area contributed by atoms with E-state index < -0.39 is 5.92 Å². The first kappa shape index (κ1) is 20.3. The van der Waals surface area contributed by atoms with Gasteiger partial charge in [0.05, 0.1) is 10.7 Å². The van der Waals surface area contributed by atoms with Gasteiger partial charge in [-0.05, 0) is 55.8 Å². The van der Waals surface area contributed by atoms with Crippen LogP contribution in [-0.2, 0) is 4.79 Å². The third kappa shape index (κ3) is 3.42. The summed E-state index contributed by atoms with van der Waals surface area (Å²) in [6, 6.07) is 12.6. The van der Waals surface area contributed by atoms with Gasteiger partial charge in [-0.15, -0.1) is 11.3 Å². The number of Topliss-reactive ketones (excluding diaryl/α,β-unsaturated/α-hetero) is 1. The third-order valence-corrected chi connectivity index (χ3v) is 6.55. The number of allylic oxidation sites excluding steroid dienone is 2. The molecule has 152 valence electrons. The van der Waals surface area contributed by atoms with Crippen molar-refractivity contribution in [2.24, 2.45) is 0 Å². The lowest BCUT2D eigenvalue weighted by Crippen LogP contribution is -2.21. The number of benzene rings is 2. The number of fused-ring (bicyclic) bond motifs is 1. The SMILES string of the molecule is CC(=O)C1=C(C)Nc2sc(C(=O)c3ccc(Cl)cc3)c(N)c2[C@H]1c1ccc(F)cc1. The van der Waals surface area contributed by atoms with Gasteiger partial charge >= 0.3 is 0 Å². The van der Waals surface area contributed by atoms with Crippen LogP contribution in [0.5, 0.6) is 0 Å². The fraction of sp³-hybridized carbons (Fsp3) is 0.130. The van der Waals surface area contributed by atoms with E-state index in [2.05, 4.69) is 5.32 Å². The Hall–Kier alpha value is -2.96. The number of carbonyl (C=O) groups is 2. The van der Waals surface area contributed by atoms with Gasteiger partial charge in [-0.2, -0.15) is 0 Å². The average Bonchev–Trinajstić information content (AvgIpc) is 3.03. The van der Waals surface area contributed by atoms with E-state index in [0.717, 1.165) is 5.56 Å². The van der Waals surface area contributed by atoms with E-state index in [0.29, 0.717) is 43.0 Å². The number of nitrogen functional groups attached to an aromatic ring is 1. The van der Waals surface area contributed by atoms with E-state index in [1.54, 1.807) is 36.4 Å². The molecule has 0 unspecified atom stereocenters. The number of hydrogen-bond acceptors (Lipinski definition) is 5. The monoisotopic (exact) mass is 440 g/mol. The van der Waals surface area contributed by atoms with Crippen molar-refractivity contribution in [3.05, 3.63) is 92.2 Å². The minimum atomic E-state index is -0.484. The van der Waals surface area contributed by atoms with Gasteiger partial charge in [0.15, 0.2) is 5.78 Å². The zero-order valence-corrected chi connectivity index (χ0v) is 17.8. The van der Waals surface area contributed by atoms with Gasteiger partial charge in [0.25, 0.3) is 0 Å². The molecule has 0 saturated heterocycles. The minimum Gasteiger partial charge on any atom is -0.397 e. The summed E-state index contributed by atoms with van der Waals surface area (Å²) >= 11 is 7.18. The molecule has 1 aliphatic rings. The zero-order valence-electron chi connectivity index (χ0n) is 16.3. The van der Waals surface area contributed by atoms with Crippen LogP contribution in [0.25, 0.3) is 0 Å². The van der Waals surface area contributed by atoms with Gasteiger partial charge in [-0.3, -0.25) is 9.59 Å². The van der Waals surface area contributed by atoms with Crippen molar-refractivity contribution in [2.45, 2.75) is 19.8 Å². The van der Waals surface area contributed by atoms with Crippen LogP contribution in [0, 0.1) is 5.82 Å². The van der Waals surface area contributed by atoms with E-state index >= 15 is 0 Å². The van der Waals surface area contributed by atoms with Crippen molar-refractivity contribution in [1.82, 2.24) is 0 Å². The lowest BCUT2D eigenvalue weighted by Gasteiger charge is -2.28. The van der Waals surface area contributed by atoms with Crippen LogP contribution in [0.3, 0.4) is 0 Å². The Morgan fingerprint density at radius 2 is 1.73 bits per heavy atom. The summed E-state index contributed by atoms with van der Waals surface area (Å²) < 4.78 is 13.5. The van der Waals surface area contributed by atoms with Crippen molar-refractivity contribution < 1.29 is 14.0 Å². The van der Waals surface area contributed by atoms with Gasteiger partial charge in [-0.25, -0.2) is 4.39 Å². The third-order valence-electron chi connectivity index (χ3n) is 5.16. The van der Waals surface area contributed by atoms with Crippen LogP contribution < -0.4 is 11.1 Å². The number of thiophene rings is 1. The van der Waals surface area contributed by atoms with Crippen molar-refractivity contribution in [3.63, 3.8) is 0 Å². The Balaban J connectivity index is 1.88. The smallest absolute Gasteiger partial charge is 0.205 e. The molecule has 0 fully saturated rings. The quantitative estimate of drug-likeness (QED) is 0.505. The molecule has 0 radical (unpaired) electrons. The fourth-order valence-electron chi connectivity index (χ4n) is 3.79. The van der Waals surface area contributed by atoms with Crippen molar-refractivity contribution >= 4 is 45.2 Å². The Morgan fingerprint density at radius 1 is 1.10 bits per heavy atom. The number of ketones is 2. The molecule has 3 N–H and O–H groups in total. The van der Waals surface area contributed by atoms with Crippen LogP contribution >= 0.6 is 22.9 Å². The number of anilines is 2. The van der Waals surface area contributed by atoms with Crippen LogP contribution in [0.2, 0.25) is 5.02 Å². The largest absolute Gasteiger partial charge is 0.397 e. The molecule has 2 aromatic carbocycles. The lowest BCUT2D eigenvalue weighted by molar-refractivity contribution is -0.113. The maximum absolute atomic E-state index is 13.5. The van der Waals surface area contributed by atoms with Gasteiger partial charge in [0.2, 0.25) is 5.78 Å². The van der Waals surface area contributed by atoms with E-state index in [1.165, 1.54) is 30.4 Å². The first-order valence-corrected chi connectivity index (χ1v) is 10.4. The van der Waals surface area contributed by atoms with Crippen LogP contribution in [0.4, 0.5) is 15.1 Å². The van der Waals surface area contributed by atoms with E-state index in [9.17, 15) is 14.0 Å². The molecule has 30 heavy (non-hydrogen) atoms. The predicted octanol–water partition coefficient (Wildman–Crippen LogP) is 5.77. The molecule has 0 spiro atoms. The molecule has 0 aliphatic carbocycles. The molecular formula is C23H18ClFN2O2S. The number of nitrogens with one attached hydrogen (secondary N) is 1. The second-order valence-corrected chi connectivity index (χ2v) is 8.59. The topological polar surface area (TPSA) is 72.2 Å². The molecule has 1 aliphatic heterocycles. The normalized spacial score (nSPS) is 15.5.